The lowest BCUT2D eigenvalue weighted by Gasteiger charge is -2.05. The van der Waals surface area contributed by atoms with Crippen LogP contribution in [0.25, 0.3) is 0 Å². The molecule has 0 unspecified atom stereocenters. The zero-order chi connectivity index (χ0) is 16.3. The third-order valence-electron chi connectivity index (χ3n) is 3.02. The molecule has 116 valence electrons. The van der Waals surface area contributed by atoms with Crippen LogP contribution in [0.5, 0.6) is 17.2 Å². The number of nitrogens with zero attached hydrogens (tertiary/aromatic N) is 1. The van der Waals surface area contributed by atoms with Gasteiger partial charge in [-0.15, -0.1) is 11.3 Å². The van der Waals surface area contributed by atoms with Crippen LogP contribution in [0, 0.1) is 0 Å². The number of thiophene rings is 1. The van der Waals surface area contributed by atoms with Gasteiger partial charge in [0.2, 0.25) is 0 Å². The SMILES string of the molecule is CCc1ccc(C(C)=NNC(=O)c2cc(O)c(O)c(O)c2)s1. The summed E-state index contributed by atoms with van der Waals surface area (Å²) in [6, 6.07) is 6.05. The molecule has 7 heteroatoms. The Hall–Kier alpha value is -2.54. The monoisotopic (exact) mass is 320 g/mol. The van der Waals surface area contributed by atoms with E-state index < -0.39 is 23.2 Å². The number of phenols is 3. The quantitative estimate of drug-likeness (QED) is 0.395. The van der Waals surface area contributed by atoms with Gasteiger partial charge in [-0.05, 0) is 37.6 Å². The summed E-state index contributed by atoms with van der Waals surface area (Å²) in [6.45, 7) is 3.84. The normalized spacial score (nSPS) is 11.5. The molecule has 1 heterocycles. The molecule has 0 saturated carbocycles. The molecule has 1 aromatic carbocycles. The minimum absolute atomic E-state index is 0.00947. The first-order valence-electron chi connectivity index (χ1n) is 6.61. The first-order valence-corrected chi connectivity index (χ1v) is 7.42. The van der Waals surface area contributed by atoms with Gasteiger partial charge in [-0.2, -0.15) is 5.10 Å². The van der Waals surface area contributed by atoms with Crippen molar-refractivity contribution in [3.05, 3.63) is 39.6 Å². The van der Waals surface area contributed by atoms with E-state index in [1.54, 1.807) is 18.3 Å². The van der Waals surface area contributed by atoms with Crippen LogP contribution in [-0.4, -0.2) is 26.9 Å². The topological polar surface area (TPSA) is 102 Å². The molecule has 0 fully saturated rings. The second-order valence-corrected chi connectivity index (χ2v) is 5.79. The summed E-state index contributed by atoms with van der Waals surface area (Å²) in [6.07, 6.45) is 0.941. The zero-order valence-corrected chi connectivity index (χ0v) is 12.9. The van der Waals surface area contributed by atoms with Gasteiger partial charge in [-0.25, -0.2) is 5.43 Å². The van der Waals surface area contributed by atoms with Crippen LogP contribution in [0.1, 0.15) is 34.0 Å². The number of aromatic hydroxyl groups is 3. The van der Waals surface area contributed by atoms with Crippen molar-refractivity contribution >= 4 is 23.0 Å². The van der Waals surface area contributed by atoms with Gasteiger partial charge in [0.05, 0.1) is 10.6 Å². The van der Waals surface area contributed by atoms with E-state index in [4.69, 9.17) is 0 Å². The van der Waals surface area contributed by atoms with Crippen LogP contribution in [-0.2, 0) is 6.42 Å². The molecule has 0 aliphatic heterocycles. The van der Waals surface area contributed by atoms with Gasteiger partial charge in [-0.1, -0.05) is 6.92 Å². The maximum Gasteiger partial charge on any atom is 0.271 e. The fourth-order valence-corrected chi connectivity index (χ4v) is 2.64. The van der Waals surface area contributed by atoms with Crippen LogP contribution in [0.3, 0.4) is 0 Å². The van der Waals surface area contributed by atoms with Crippen molar-refractivity contribution in [3.8, 4) is 17.2 Å². The predicted octanol–water partition coefficient (Wildman–Crippen LogP) is 2.58. The summed E-state index contributed by atoms with van der Waals surface area (Å²) in [5.74, 6) is -2.41. The van der Waals surface area contributed by atoms with Crippen LogP contribution in [0.2, 0.25) is 0 Å². The number of benzene rings is 1. The molecule has 1 aromatic heterocycles. The van der Waals surface area contributed by atoms with Crippen molar-refractivity contribution in [1.29, 1.82) is 0 Å². The molecule has 0 aliphatic rings. The highest BCUT2D eigenvalue weighted by Crippen LogP contribution is 2.35. The van der Waals surface area contributed by atoms with Gasteiger partial charge in [-0.3, -0.25) is 4.79 Å². The molecule has 2 rings (SSSR count). The number of hydrazone groups is 1. The Morgan fingerprint density at radius 2 is 1.86 bits per heavy atom. The largest absolute Gasteiger partial charge is 0.504 e. The molecule has 0 aliphatic carbocycles. The molecule has 0 atom stereocenters. The maximum absolute atomic E-state index is 11.9. The second kappa shape index (κ2) is 6.48. The molecule has 2 aromatic rings. The van der Waals surface area contributed by atoms with E-state index in [1.807, 2.05) is 12.1 Å². The molecule has 4 N–H and O–H groups in total. The zero-order valence-electron chi connectivity index (χ0n) is 12.1. The van der Waals surface area contributed by atoms with Crippen molar-refractivity contribution in [1.82, 2.24) is 5.43 Å². The maximum atomic E-state index is 11.9. The standard InChI is InChI=1S/C15H16N2O4S/c1-3-10-4-5-13(22-10)8(2)16-17-15(21)9-6-11(18)14(20)12(19)7-9/h4-7,18-20H,3H2,1-2H3,(H,17,21). The molecule has 0 saturated heterocycles. The van der Waals surface area contributed by atoms with Crippen molar-refractivity contribution in [2.24, 2.45) is 5.10 Å². The van der Waals surface area contributed by atoms with Crippen LogP contribution >= 0.6 is 11.3 Å². The number of hydrogen-bond donors (Lipinski definition) is 4. The van der Waals surface area contributed by atoms with E-state index >= 15 is 0 Å². The highest BCUT2D eigenvalue weighted by Gasteiger charge is 2.13. The van der Waals surface area contributed by atoms with E-state index in [9.17, 15) is 20.1 Å². The summed E-state index contributed by atoms with van der Waals surface area (Å²) in [5.41, 5.74) is 3.00. The Bertz CT molecular complexity index is 714. The number of hydrogen-bond acceptors (Lipinski definition) is 6. The van der Waals surface area contributed by atoms with Crippen LogP contribution in [0.15, 0.2) is 29.4 Å². The van der Waals surface area contributed by atoms with Gasteiger partial charge in [0.15, 0.2) is 17.2 Å². The summed E-state index contributed by atoms with van der Waals surface area (Å²) in [4.78, 5) is 14.1. The number of rotatable bonds is 4. The van der Waals surface area contributed by atoms with Gasteiger partial charge in [0.25, 0.3) is 5.91 Å². The first kappa shape index (κ1) is 15.8. The molecule has 6 nitrogen and oxygen atoms in total. The molecule has 0 bridgehead atoms. The van der Waals surface area contributed by atoms with Crippen molar-refractivity contribution in [2.75, 3.05) is 0 Å². The minimum atomic E-state index is -0.665. The fourth-order valence-electron chi connectivity index (χ4n) is 1.75. The summed E-state index contributed by atoms with van der Waals surface area (Å²) >= 11 is 1.60. The lowest BCUT2D eigenvalue weighted by Crippen LogP contribution is -2.19. The minimum Gasteiger partial charge on any atom is -0.504 e. The number of carbonyl (C=O) groups is 1. The number of carbonyl (C=O) groups excluding carboxylic acids is 1. The van der Waals surface area contributed by atoms with Gasteiger partial charge < -0.3 is 15.3 Å². The fraction of sp³-hybridized carbons (Fsp3) is 0.200. The molecule has 0 radical (unpaired) electrons. The first-order chi connectivity index (χ1) is 10.4. The number of aryl methyl sites for hydroxylation is 1. The Morgan fingerprint density at radius 1 is 1.23 bits per heavy atom. The van der Waals surface area contributed by atoms with E-state index in [2.05, 4.69) is 17.5 Å². The third kappa shape index (κ3) is 3.37. The summed E-state index contributed by atoms with van der Waals surface area (Å²) in [7, 11) is 0. The molecule has 22 heavy (non-hydrogen) atoms. The Labute approximate surface area is 131 Å². The van der Waals surface area contributed by atoms with Crippen molar-refractivity contribution in [3.63, 3.8) is 0 Å². The van der Waals surface area contributed by atoms with E-state index in [-0.39, 0.29) is 5.56 Å². The van der Waals surface area contributed by atoms with Gasteiger partial charge in [0, 0.05) is 10.4 Å². The lowest BCUT2D eigenvalue weighted by molar-refractivity contribution is 0.0954. The second-order valence-electron chi connectivity index (χ2n) is 4.62. The molecule has 1 amide bonds. The highest BCUT2D eigenvalue weighted by atomic mass is 32.1. The summed E-state index contributed by atoms with van der Waals surface area (Å²) in [5, 5.41) is 32.0. The number of nitrogens with one attached hydrogen (secondary N) is 1. The highest BCUT2D eigenvalue weighted by molar-refractivity contribution is 7.14. The van der Waals surface area contributed by atoms with Crippen molar-refractivity contribution < 1.29 is 20.1 Å². The van der Waals surface area contributed by atoms with Gasteiger partial charge >= 0.3 is 0 Å². The van der Waals surface area contributed by atoms with Crippen LogP contribution in [0.4, 0.5) is 0 Å². The Morgan fingerprint density at radius 3 is 2.41 bits per heavy atom. The van der Waals surface area contributed by atoms with E-state index in [1.165, 1.54) is 4.88 Å². The average Bonchev–Trinajstić information content (AvgIpc) is 2.98. The smallest absolute Gasteiger partial charge is 0.271 e. The molecular weight excluding hydrogens is 304 g/mol. The van der Waals surface area contributed by atoms with E-state index in [0.29, 0.717) is 5.71 Å². The average molecular weight is 320 g/mol. The van der Waals surface area contributed by atoms with Crippen molar-refractivity contribution in [2.45, 2.75) is 20.3 Å². The van der Waals surface area contributed by atoms with Gasteiger partial charge in [0.1, 0.15) is 0 Å². The third-order valence-corrected chi connectivity index (χ3v) is 4.36. The van der Waals surface area contributed by atoms with Crippen LogP contribution < -0.4 is 5.43 Å². The van der Waals surface area contributed by atoms with E-state index in [0.717, 1.165) is 23.4 Å². The Kier molecular flexibility index (Phi) is 4.67. The Balaban J connectivity index is 2.13. The number of amides is 1. The predicted molar refractivity (Wildman–Crippen MR) is 84.8 cm³/mol. The summed E-state index contributed by atoms with van der Waals surface area (Å²) < 4.78 is 0. The number of phenolic OH excluding ortho intramolecular Hbond substituents is 3. The molecular formula is C15H16N2O4S. The molecule has 0 spiro atoms. The lowest BCUT2D eigenvalue weighted by atomic mass is 10.2.